The molecule has 30 heavy (non-hydrogen) atoms. The summed E-state index contributed by atoms with van der Waals surface area (Å²) >= 11 is 1.25. The molecule has 0 saturated carbocycles. The SMILES string of the molecule is CC1(C)CC(=O)c2sc(NC(=O)C3CCN(C(=O)c4cccc(F)c4)CC3)nc2C1. The van der Waals surface area contributed by atoms with Crippen molar-refractivity contribution in [1.82, 2.24) is 9.88 Å². The highest BCUT2D eigenvalue weighted by molar-refractivity contribution is 7.17. The average Bonchev–Trinajstić information content (AvgIpc) is 3.09. The molecule has 1 aliphatic heterocycles. The van der Waals surface area contributed by atoms with E-state index in [9.17, 15) is 18.8 Å². The molecule has 2 heterocycles. The fourth-order valence-corrected chi connectivity index (χ4v) is 5.05. The predicted molar refractivity (Wildman–Crippen MR) is 112 cm³/mol. The lowest BCUT2D eigenvalue weighted by Gasteiger charge is -2.31. The van der Waals surface area contributed by atoms with E-state index in [4.69, 9.17) is 0 Å². The molecular formula is C22H24FN3O3S. The van der Waals surface area contributed by atoms with E-state index in [-0.39, 0.29) is 28.9 Å². The molecule has 6 nitrogen and oxygen atoms in total. The molecule has 1 N–H and O–H groups in total. The third-order valence-corrected chi connectivity index (χ3v) is 6.74. The summed E-state index contributed by atoms with van der Waals surface area (Å²) < 4.78 is 13.4. The molecule has 4 rings (SSSR count). The van der Waals surface area contributed by atoms with Crippen molar-refractivity contribution in [2.24, 2.45) is 11.3 Å². The largest absolute Gasteiger partial charge is 0.339 e. The van der Waals surface area contributed by atoms with Gasteiger partial charge in [0, 0.05) is 31.0 Å². The molecule has 0 bridgehead atoms. The van der Waals surface area contributed by atoms with Crippen LogP contribution in [0.3, 0.4) is 0 Å². The number of aromatic nitrogens is 1. The Morgan fingerprint density at radius 2 is 1.97 bits per heavy atom. The minimum Gasteiger partial charge on any atom is -0.339 e. The smallest absolute Gasteiger partial charge is 0.253 e. The zero-order chi connectivity index (χ0) is 21.5. The lowest BCUT2D eigenvalue weighted by atomic mass is 9.78. The topological polar surface area (TPSA) is 79.4 Å². The standard InChI is InChI=1S/C22H24FN3O3S/c1-22(2)11-16-18(17(27)12-22)30-21(24-16)25-19(28)13-6-8-26(9-7-13)20(29)14-4-3-5-15(23)10-14/h3-5,10,13H,6-9,11-12H2,1-2H3,(H,24,25,28). The number of halogens is 1. The van der Waals surface area contributed by atoms with E-state index in [2.05, 4.69) is 10.3 Å². The molecule has 0 spiro atoms. The Labute approximate surface area is 178 Å². The van der Waals surface area contributed by atoms with Gasteiger partial charge in [0.05, 0.1) is 10.6 Å². The number of likely N-dealkylation sites (tertiary alicyclic amines) is 1. The van der Waals surface area contributed by atoms with Crippen LogP contribution >= 0.6 is 11.3 Å². The number of ketones is 1. The Morgan fingerprint density at radius 3 is 2.67 bits per heavy atom. The second kappa shape index (κ2) is 7.91. The van der Waals surface area contributed by atoms with E-state index in [1.165, 1.54) is 29.5 Å². The molecule has 8 heteroatoms. The number of nitrogens with one attached hydrogen (secondary N) is 1. The number of anilines is 1. The van der Waals surface area contributed by atoms with Gasteiger partial charge in [0.1, 0.15) is 5.82 Å². The number of Topliss-reactive ketones (excluding diaryl/α,β-unsaturated/α-hetero) is 1. The minimum absolute atomic E-state index is 0.0865. The summed E-state index contributed by atoms with van der Waals surface area (Å²) in [6.45, 7) is 4.97. The summed E-state index contributed by atoms with van der Waals surface area (Å²) in [5.74, 6) is -0.936. The highest BCUT2D eigenvalue weighted by Gasteiger charge is 2.35. The number of carbonyl (C=O) groups excluding carboxylic acids is 3. The predicted octanol–water partition coefficient (Wildman–Crippen LogP) is 3.93. The molecule has 0 atom stereocenters. The van der Waals surface area contributed by atoms with Crippen molar-refractivity contribution >= 4 is 34.1 Å². The highest BCUT2D eigenvalue weighted by Crippen LogP contribution is 2.38. The van der Waals surface area contributed by atoms with E-state index < -0.39 is 5.82 Å². The van der Waals surface area contributed by atoms with Crippen molar-refractivity contribution in [1.29, 1.82) is 0 Å². The number of thiazole rings is 1. The minimum atomic E-state index is -0.442. The van der Waals surface area contributed by atoms with Crippen LogP contribution in [0.15, 0.2) is 24.3 Å². The molecule has 1 aromatic heterocycles. The monoisotopic (exact) mass is 429 g/mol. The van der Waals surface area contributed by atoms with E-state index in [0.29, 0.717) is 47.9 Å². The maximum absolute atomic E-state index is 13.4. The zero-order valence-corrected chi connectivity index (χ0v) is 17.9. The maximum Gasteiger partial charge on any atom is 0.253 e. The Kier molecular flexibility index (Phi) is 5.44. The van der Waals surface area contributed by atoms with Gasteiger partial charge in [-0.1, -0.05) is 31.3 Å². The number of hydrogen-bond acceptors (Lipinski definition) is 5. The number of benzene rings is 1. The zero-order valence-electron chi connectivity index (χ0n) is 17.0. The average molecular weight is 430 g/mol. The number of hydrogen-bond donors (Lipinski definition) is 1. The van der Waals surface area contributed by atoms with Crippen LogP contribution < -0.4 is 5.32 Å². The van der Waals surface area contributed by atoms with Gasteiger partial charge in [-0.15, -0.1) is 0 Å². The summed E-state index contributed by atoms with van der Waals surface area (Å²) in [6.07, 6.45) is 2.28. The van der Waals surface area contributed by atoms with Crippen LogP contribution in [0.5, 0.6) is 0 Å². The molecular weight excluding hydrogens is 405 g/mol. The van der Waals surface area contributed by atoms with Gasteiger partial charge in [-0.2, -0.15) is 0 Å². The fourth-order valence-electron chi connectivity index (χ4n) is 4.13. The van der Waals surface area contributed by atoms with Gasteiger partial charge in [-0.25, -0.2) is 9.37 Å². The molecule has 2 aromatic rings. The summed E-state index contributed by atoms with van der Waals surface area (Å²) in [6, 6.07) is 5.64. The first kappa shape index (κ1) is 20.7. The first-order valence-corrected chi connectivity index (χ1v) is 10.9. The molecule has 2 amide bonds. The summed E-state index contributed by atoms with van der Waals surface area (Å²) in [5.41, 5.74) is 0.978. The van der Waals surface area contributed by atoms with Crippen LogP contribution in [-0.4, -0.2) is 40.6 Å². The third-order valence-electron chi connectivity index (χ3n) is 5.69. The lowest BCUT2D eigenvalue weighted by Crippen LogP contribution is -2.41. The van der Waals surface area contributed by atoms with Crippen molar-refractivity contribution < 1.29 is 18.8 Å². The van der Waals surface area contributed by atoms with Crippen molar-refractivity contribution in [3.8, 4) is 0 Å². The first-order chi connectivity index (χ1) is 14.2. The van der Waals surface area contributed by atoms with Gasteiger partial charge in [-0.3, -0.25) is 14.4 Å². The quantitative estimate of drug-likeness (QED) is 0.802. The molecule has 1 aliphatic carbocycles. The maximum atomic E-state index is 13.4. The third kappa shape index (κ3) is 4.28. The molecule has 0 radical (unpaired) electrons. The Bertz CT molecular complexity index is 1010. The summed E-state index contributed by atoms with van der Waals surface area (Å²) in [5, 5.41) is 3.33. The van der Waals surface area contributed by atoms with E-state index in [1.54, 1.807) is 11.0 Å². The number of rotatable bonds is 3. The summed E-state index contributed by atoms with van der Waals surface area (Å²) in [4.78, 5) is 44.4. The van der Waals surface area contributed by atoms with Gasteiger partial charge >= 0.3 is 0 Å². The van der Waals surface area contributed by atoms with Crippen LogP contribution in [0.1, 0.15) is 58.8 Å². The van der Waals surface area contributed by atoms with E-state index in [0.717, 1.165) is 12.1 Å². The summed E-state index contributed by atoms with van der Waals surface area (Å²) in [7, 11) is 0. The lowest BCUT2D eigenvalue weighted by molar-refractivity contribution is -0.121. The normalized spacial score (nSPS) is 18.8. The van der Waals surface area contributed by atoms with Crippen LogP contribution in [0.2, 0.25) is 0 Å². The van der Waals surface area contributed by atoms with Crippen LogP contribution in [-0.2, 0) is 11.2 Å². The molecule has 2 aliphatic rings. The number of amides is 2. The first-order valence-electron chi connectivity index (χ1n) is 10.1. The van der Waals surface area contributed by atoms with Crippen LogP contribution in [0, 0.1) is 17.2 Å². The van der Waals surface area contributed by atoms with Crippen LogP contribution in [0.25, 0.3) is 0 Å². The number of fused-ring (bicyclic) bond motifs is 1. The number of nitrogens with zero attached hydrogens (tertiary/aromatic N) is 2. The molecule has 158 valence electrons. The van der Waals surface area contributed by atoms with Gasteiger partial charge in [0.25, 0.3) is 5.91 Å². The van der Waals surface area contributed by atoms with E-state index >= 15 is 0 Å². The van der Waals surface area contributed by atoms with E-state index in [1.807, 2.05) is 13.8 Å². The number of piperidine rings is 1. The fraction of sp³-hybridized carbons (Fsp3) is 0.455. The van der Waals surface area contributed by atoms with Gasteiger partial charge in [0.15, 0.2) is 10.9 Å². The highest BCUT2D eigenvalue weighted by atomic mass is 32.1. The number of carbonyl (C=O) groups is 3. The van der Waals surface area contributed by atoms with Crippen molar-refractivity contribution in [3.63, 3.8) is 0 Å². The Balaban J connectivity index is 1.35. The van der Waals surface area contributed by atoms with Crippen molar-refractivity contribution in [2.75, 3.05) is 18.4 Å². The van der Waals surface area contributed by atoms with Crippen molar-refractivity contribution in [3.05, 3.63) is 46.2 Å². The second-order valence-corrected chi connectivity index (χ2v) is 9.80. The van der Waals surface area contributed by atoms with Crippen LogP contribution in [0.4, 0.5) is 9.52 Å². The molecule has 1 aromatic carbocycles. The molecule has 0 unspecified atom stereocenters. The molecule has 1 saturated heterocycles. The Morgan fingerprint density at radius 1 is 1.23 bits per heavy atom. The van der Waals surface area contributed by atoms with Gasteiger partial charge < -0.3 is 10.2 Å². The van der Waals surface area contributed by atoms with Crippen molar-refractivity contribution in [2.45, 2.75) is 39.5 Å². The second-order valence-electron chi connectivity index (χ2n) is 8.80. The van der Waals surface area contributed by atoms with Gasteiger partial charge in [-0.05, 0) is 42.9 Å². The Hall–Kier alpha value is -2.61. The van der Waals surface area contributed by atoms with Gasteiger partial charge in [0.2, 0.25) is 5.91 Å². The molecule has 1 fully saturated rings.